The van der Waals surface area contributed by atoms with Crippen molar-refractivity contribution in [1.82, 2.24) is 19.4 Å². The zero-order valence-electron chi connectivity index (χ0n) is 17.0. The van der Waals surface area contributed by atoms with Gasteiger partial charge in [0, 0.05) is 41.4 Å². The topological polar surface area (TPSA) is 63.3 Å². The maximum Gasteiger partial charge on any atom is 0.145 e. The van der Waals surface area contributed by atoms with Crippen LogP contribution in [0.1, 0.15) is 24.5 Å². The second-order valence-corrected chi connectivity index (χ2v) is 8.34. The van der Waals surface area contributed by atoms with Crippen molar-refractivity contribution in [3.05, 3.63) is 84.9 Å². The predicted octanol–water partition coefficient (Wildman–Crippen LogP) is 5.10. The van der Waals surface area contributed by atoms with Crippen molar-refractivity contribution in [3.63, 3.8) is 0 Å². The average Bonchev–Trinajstić information content (AvgIpc) is 3.18. The van der Waals surface area contributed by atoms with Crippen LogP contribution in [-0.4, -0.2) is 31.1 Å². The number of imidazole rings is 1. The molecule has 1 fully saturated rings. The van der Waals surface area contributed by atoms with E-state index in [1.807, 2.05) is 30.6 Å². The van der Waals surface area contributed by atoms with Crippen LogP contribution in [0.25, 0.3) is 39.1 Å². The first-order chi connectivity index (χ1) is 15.3. The SMILES string of the molecule is OCC1CC(c2nc(-c3ccc4ccc(-c5ccccc5)nc4c3)n3ccncc23)C1. The number of rotatable bonds is 4. The van der Waals surface area contributed by atoms with Crippen molar-refractivity contribution in [2.45, 2.75) is 18.8 Å². The van der Waals surface area contributed by atoms with Crippen LogP contribution in [0.15, 0.2) is 79.3 Å². The molecule has 1 aliphatic rings. The molecule has 1 aliphatic carbocycles. The van der Waals surface area contributed by atoms with Crippen molar-refractivity contribution in [1.29, 1.82) is 0 Å². The molecular formula is C26H22N4O. The number of hydrogen-bond acceptors (Lipinski definition) is 4. The molecule has 31 heavy (non-hydrogen) atoms. The van der Waals surface area contributed by atoms with Crippen LogP contribution < -0.4 is 0 Å². The van der Waals surface area contributed by atoms with E-state index < -0.39 is 0 Å². The Bertz CT molecular complexity index is 1390. The van der Waals surface area contributed by atoms with E-state index in [4.69, 9.17) is 9.97 Å². The summed E-state index contributed by atoms with van der Waals surface area (Å²) in [6.45, 7) is 0.257. The van der Waals surface area contributed by atoms with Crippen LogP contribution in [0.5, 0.6) is 0 Å². The molecule has 0 atom stereocenters. The minimum absolute atomic E-state index is 0.257. The van der Waals surface area contributed by atoms with Crippen molar-refractivity contribution in [2.75, 3.05) is 6.61 Å². The van der Waals surface area contributed by atoms with Gasteiger partial charge in [0.2, 0.25) is 0 Å². The highest BCUT2D eigenvalue weighted by molar-refractivity contribution is 5.85. The van der Waals surface area contributed by atoms with E-state index in [0.717, 1.165) is 57.6 Å². The van der Waals surface area contributed by atoms with Crippen LogP contribution in [0.3, 0.4) is 0 Å². The van der Waals surface area contributed by atoms with Gasteiger partial charge in [-0.25, -0.2) is 9.97 Å². The number of aliphatic hydroxyl groups is 1. The molecule has 2 aromatic carbocycles. The molecule has 0 spiro atoms. The van der Waals surface area contributed by atoms with Gasteiger partial charge in [-0.15, -0.1) is 0 Å². The molecule has 1 N–H and O–H groups in total. The van der Waals surface area contributed by atoms with E-state index in [0.29, 0.717) is 11.8 Å². The first kappa shape index (κ1) is 18.2. The highest BCUT2D eigenvalue weighted by Gasteiger charge is 2.33. The summed E-state index contributed by atoms with van der Waals surface area (Å²) in [5.74, 6) is 1.69. The fraction of sp³-hybridized carbons (Fsp3) is 0.192. The molecule has 5 heteroatoms. The normalized spacial score (nSPS) is 18.4. The molecule has 1 saturated carbocycles. The number of aliphatic hydroxyl groups excluding tert-OH is 1. The quantitative estimate of drug-likeness (QED) is 0.451. The van der Waals surface area contributed by atoms with Crippen molar-refractivity contribution >= 4 is 16.4 Å². The Hall–Kier alpha value is -3.57. The highest BCUT2D eigenvalue weighted by atomic mass is 16.3. The largest absolute Gasteiger partial charge is 0.396 e. The monoisotopic (exact) mass is 406 g/mol. The van der Waals surface area contributed by atoms with E-state index in [-0.39, 0.29) is 6.61 Å². The maximum absolute atomic E-state index is 9.41. The summed E-state index contributed by atoms with van der Waals surface area (Å²) in [5, 5.41) is 10.5. The van der Waals surface area contributed by atoms with E-state index in [2.05, 4.69) is 51.8 Å². The van der Waals surface area contributed by atoms with Crippen LogP contribution in [0.4, 0.5) is 0 Å². The third-order valence-electron chi connectivity index (χ3n) is 6.38. The first-order valence-electron chi connectivity index (χ1n) is 10.7. The maximum atomic E-state index is 9.41. The molecule has 0 unspecified atom stereocenters. The summed E-state index contributed by atoms with van der Waals surface area (Å²) in [7, 11) is 0. The lowest BCUT2D eigenvalue weighted by Gasteiger charge is -2.32. The Kier molecular flexibility index (Phi) is 4.28. The van der Waals surface area contributed by atoms with Gasteiger partial charge < -0.3 is 5.11 Å². The van der Waals surface area contributed by atoms with Gasteiger partial charge in [-0.3, -0.25) is 9.38 Å². The first-order valence-corrected chi connectivity index (χ1v) is 10.7. The standard InChI is InChI=1S/C26H22N4O/c31-16-17-12-21(13-17)25-24-15-27-10-11-30(24)26(29-25)20-7-6-19-8-9-22(28-23(19)14-20)18-4-2-1-3-5-18/h1-11,14-15,17,21,31H,12-13,16H2. The Morgan fingerprint density at radius 3 is 2.61 bits per heavy atom. The fourth-order valence-corrected chi connectivity index (χ4v) is 4.60. The van der Waals surface area contributed by atoms with Gasteiger partial charge in [0.1, 0.15) is 5.82 Å². The molecule has 5 nitrogen and oxygen atoms in total. The molecule has 0 saturated heterocycles. The Morgan fingerprint density at radius 2 is 1.77 bits per heavy atom. The van der Waals surface area contributed by atoms with Crippen molar-refractivity contribution in [2.24, 2.45) is 5.92 Å². The Morgan fingerprint density at radius 1 is 0.935 bits per heavy atom. The molecule has 5 aromatic rings. The van der Waals surface area contributed by atoms with Crippen LogP contribution >= 0.6 is 0 Å². The highest BCUT2D eigenvalue weighted by Crippen LogP contribution is 2.43. The van der Waals surface area contributed by atoms with Crippen molar-refractivity contribution in [3.8, 4) is 22.6 Å². The summed E-state index contributed by atoms with van der Waals surface area (Å²) in [4.78, 5) is 14.3. The molecule has 0 aliphatic heterocycles. The molecule has 3 heterocycles. The van der Waals surface area contributed by atoms with Crippen LogP contribution in [0.2, 0.25) is 0 Å². The summed E-state index contributed by atoms with van der Waals surface area (Å²) in [5.41, 5.74) is 6.19. The second-order valence-electron chi connectivity index (χ2n) is 8.34. The summed E-state index contributed by atoms with van der Waals surface area (Å²) in [6.07, 6.45) is 7.63. The number of hydrogen-bond donors (Lipinski definition) is 1. The summed E-state index contributed by atoms with van der Waals surface area (Å²) >= 11 is 0. The number of pyridine rings is 1. The minimum Gasteiger partial charge on any atom is -0.396 e. The van der Waals surface area contributed by atoms with Gasteiger partial charge in [-0.1, -0.05) is 48.5 Å². The zero-order valence-corrected chi connectivity index (χ0v) is 17.0. The van der Waals surface area contributed by atoms with Gasteiger partial charge in [-0.05, 0) is 30.9 Å². The van der Waals surface area contributed by atoms with Gasteiger partial charge >= 0.3 is 0 Å². The number of fused-ring (bicyclic) bond motifs is 2. The van der Waals surface area contributed by atoms with Gasteiger partial charge in [-0.2, -0.15) is 0 Å². The lowest BCUT2D eigenvalue weighted by Crippen LogP contribution is -2.25. The van der Waals surface area contributed by atoms with Crippen LogP contribution in [-0.2, 0) is 0 Å². The van der Waals surface area contributed by atoms with Crippen LogP contribution in [0, 0.1) is 5.92 Å². The molecule has 0 amide bonds. The minimum atomic E-state index is 0.257. The van der Waals surface area contributed by atoms with Gasteiger partial charge in [0.15, 0.2) is 0 Å². The third kappa shape index (κ3) is 3.09. The average molecular weight is 406 g/mol. The number of nitrogens with zero attached hydrogens (tertiary/aromatic N) is 4. The van der Waals surface area contributed by atoms with Gasteiger partial charge in [0.05, 0.1) is 28.6 Å². The lowest BCUT2D eigenvalue weighted by molar-refractivity contribution is 0.141. The van der Waals surface area contributed by atoms with Crippen molar-refractivity contribution < 1.29 is 5.11 Å². The Labute approximate surface area is 180 Å². The van der Waals surface area contributed by atoms with E-state index in [1.54, 1.807) is 6.20 Å². The van der Waals surface area contributed by atoms with E-state index in [1.165, 1.54) is 0 Å². The molecule has 6 rings (SSSR count). The molecule has 0 bridgehead atoms. The fourth-order valence-electron chi connectivity index (χ4n) is 4.60. The van der Waals surface area contributed by atoms with E-state index in [9.17, 15) is 5.11 Å². The van der Waals surface area contributed by atoms with E-state index >= 15 is 0 Å². The lowest BCUT2D eigenvalue weighted by atomic mass is 9.73. The Balaban J connectivity index is 1.46. The molecule has 3 aromatic heterocycles. The molecular weight excluding hydrogens is 384 g/mol. The summed E-state index contributed by atoms with van der Waals surface area (Å²) in [6, 6.07) is 20.8. The molecule has 152 valence electrons. The number of aromatic nitrogens is 4. The number of benzene rings is 2. The smallest absolute Gasteiger partial charge is 0.145 e. The van der Waals surface area contributed by atoms with Gasteiger partial charge in [0.25, 0.3) is 0 Å². The predicted molar refractivity (Wildman–Crippen MR) is 122 cm³/mol. The second kappa shape index (κ2) is 7.29. The summed E-state index contributed by atoms with van der Waals surface area (Å²) < 4.78 is 2.12. The zero-order chi connectivity index (χ0) is 20.8. The third-order valence-corrected chi connectivity index (χ3v) is 6.38. The molecule has 0 radical (unpaired) electrons.